The number of rotatable bonds is 2. The lowest BCUT2D eigenvalue weighted by Crippen LogP contribution is -2.27. The van der Waals surface area contributed by atoms with Gasteiger partial charge in [0.05, 0.1) is 6.61 Å². The zero-order valence-electron chi connectivity index (χ0n) is 10.9. The Labute approximate surface area is 108 Å². The first kappa shape index (κ1) is 14.1. The summed E-state index contributed by atoms with van der Waals surface area (Å²) >= 11 is 0. The normalized spacial score (nSPS) is 9.33. The molecule has 2 amide bonds. The predicted molar refractivity (Wildman–Crippen MR) is 72.5 cm³/mol. The molecule has 0 aromatic heterocycles. The van der Waals surface area contributed by atoms with Crippen molar-refractivity contribution in [3.05, 3.63) is 29.3 Å². The lowest BCUT2D eigenvalue weighted by atomic mass is 10.1. The van der Waals surface area contributed by atoms with Crippen LogP contribution in [0.5, 0.6) is 0 Å². The van der Waals surface area contributed by atoms with Crippen LogP contribution >= 0.6 is 0 Å². The number of carbonyl (C=O) groups excluding carboxylic acids is 1. The minimum Gasteiger partial charge on any atom is -0.395 e. The van der Waals surface area contributed by atoms with Gasteiger partial charge in [0.25, 0.3) is 0 Å². The largest absolute Gasteiger partial charge is 0.395 e. The number of nitrogens with zero attached hydrogens (tertiary/aromatic N) is 1. The molecule has 0 aliphatic heterocycles. The number of aryl methyl sites for hydroxylation is 1. The van der Waals surface area contributed by atoms with Gasteiger partial charge in [-0.1, -0.05) is 11.8 Å². The van der Waals surface area contributed by atoms with Gasteiger partial charge < -0.3 is 15.3 Å². The molecule has 2 N–H and O–H groups in total. The summed E-state index contributed by atoms with van der Waals surface area (Å²) in [5.41, 5.74) is 2.65. The molecule has 0 unspecified atom stereocenters. The van der Waals surface area contributed by atoms with Gasteiger partial charge >= 0.3 is 6.03 Å². The molecule has 1 rings (SSSR count). The average molecular weight is 246 g/mol. The number of hydrogen-bond donors (Lipinski definition) is 2. The van der Waals surface area contributed by atoms with Crippen molar-refractivity contribution in [1.82, 2.24) is 4.90 Å². The number of nitrogens with one attached hydrogen (secondary N) is 1. The SMILES string of the molecule is Cc1cc(NC(=O)N(C)C)ccc1C#CCCO. The highest BCUT2D eigenvalue weighted by Crippen LogP contribution is 2.14. The topological polar surface area (TPSA) is 52.6 Å². The van der Waals surface area contributed by atoms with Gasteiger partial charge in [-0.2, -0.15) is 0 Å². The molecule has 0 atom stereocenters. The highest BCUT2D eigenvalue weighted by Gasteiger charge is 2.04. The van der Waals surface area contributed by atoms with E-state index in [1.54, 1.807) is 14.1 Å². The van der Waals surface area contributed by atoms with Gasteiger partial charge in [0.15, 0.2) is 0 Å². The van der Waals surface area contributed by atoms with E-state index in [2.05, 4.69) is 17.2 Å². The van der Waals surface area contributed by atoms with Gasteiger partial charge in [0, 0.05) is 31.8 Å². The fourth-order valence-corrected chi connectivity index (χ4v) is 1.33. The molecule has 0 heterocycles. The number of hydrogen-bond acceptors (Lipinski definition) is 2. The van der Waals surface area contributed by atoms with Crippen LogP contribution in [0.2, 0.25) is 0 Å². The summed E-state index contributed by atoms with van der Waals surface area (Å²) in [5, 5.41) is 11.4. The summed E-state index contributed by atoms with van der Waals surface area (Å²) < 4.78 is 0. The van der Waals surface area contributed by atoms with E-state index in [1.165, 1.54) is 4.90 Å². The third kappa shape index (κ3) is 4.11. The zero-order chi connectivity index (χ0) is 13.5. The van der Waals surface area contributed by atoms with E-state index in [1.807, 2.05) is 25.1 Å². The first-order valence-electron chi connectivity index (χ1n) is 5.73. The third-order valence-electron chi connectivity index (χ3n) is 2.34. The maximum absolute atomic E-state index is 11.5. The van der Waals surface area contributed by atoms with Gasteiger partial charge in [-0.15, -0.1) is 0 Å². The summed E-state index contributed by atoms with van der Waals surface area (Å²) in [4.78, 5) is 13.0. The quantitative estimate of drug-likeness (QED) is 0.782. The maximum atomic E-state index is 11.5. The third-order valence-corrected chi connectivity index (χ3v) is 2.34. The van der Waals surface area contributed by atoms with Gasteiger partial charge in [-0.25, -0.2) is 4.79 Å². The van der Waals surface area contributed by atoms with Crippen molar-refractivity contribution in [2.75, 3.05) is 26.0 Å². The maximum Gasteiger partial charge on any atom is 0.321 e. The molecule has 0 fully saturated rings. The number of aliphatic hydroxyl groups excluding tert-OH is 1. The van der Waals surface area contributed by atoms with Gasteiger partial charge in [0.2, 0.25) is 0 Å². The Kier molecular flexibility index (Phi) is 5.22. The molecule has 96 valence electrons. The van der Waals surface area contributed by atoms with Crippen LogP contribution in [0.15, 0.2) is 18.2 Å². The molecule has 0 saturated carbocycles. The molecule has 0 aliphatic carbocycles. The summed E-state index contributed by atoms with van der Waals surface area (Å²) in [6.07, 6.45) is 0.471. The Morgan fingerprint density at radius 1 is 1.44 bits per heavy atom. The molecule has 0 bridgehead atoms. The second-order valence-electron chi connectivity index (χ2n) is 4.13. The molecular formula is C14H18N2O2. The van der Waals surface area contributed by atoms with E-state index in [-0.39, 0.29) is 12.6 Å². The first-order chi connectivity index (χ1) is 8.54. The number of carbonyl (C=O) groups is 1. The van der Waals surface area contributed by atoms with Crippen molar-refractivity contribution < 1.29 is 9.90 Å². The number of anilines is 1. The van der Waals surface area contributed by atoms with Gasteiger partial charge in [-0.3, -0.25) is 0 Å². The van der Waals surface area contributed by atoms with Crippen molar-refractivity contribution in [2.45, 2.75) is 13.3 Å². The van der Waals surface area contributed by atoms with Gasteiger partial charge in [0.1, 0.15) is 0 Å². The zero-order valence-corrected chi connectivity index (χ0v) is 10.9. The van der Waals surface area contributed by atoms with E-state index >= 15 is 0 Å². The van der Waals surface area contributed by atoms with Crippen LogP contribution in [0.25, 0.3) is 0 Å². The monoisotopic (exact) mass is 246 g/mol. The molecular weight excluding hydrogens is 228 g/mol. The molecule has 0 radical (unpaired) electrons. The Balaban J connectivity index is 2.80. The Morgan fingerprint density at radius 3 is 2.72 bits per heavy atom. The second kappa shape index (κ2) is 6.67. The van der Waals surface area contributed by atoms with Crippen molar-refractivity contribution in [1.29, 1.82) is 0 Å². The van der Waals surface area contributed by atoms with Crippen LogP contribution in [0.4, 0.5) is 10.5 Å². The second-order valence-corrected chi connectivity index (χ2v) is 4.13. The fraction of sp³-hybridized carbons (Fsp3) is 0.357. The number of amides is 2. The molecule has 1 aromatic carbocycles. The van der Waals surface area contributed by atoms with Crippen molar-refractivity contribution in [3.8, 4) is 11.8 Å². The van der Waals surface area contributed by atoms with E-state index in [9.17, 15) is 4.79 Å². The lowest BCUT2D eigenvalue weighted by molar-refractivity contribution is 0.230. The summed E-state index contributed by atoms with van der Waals surface area (Å²) in [6.45, 7) is 2.01. The standard InChI is InChI=1S/C14H18N2O2/c1-11-10-13(15-14(18)16(2)3)8-7-12(11)6-4-5-9-17/h7-8,10,17H,5,9H2,1-3H3,(H,15,18). The molecule has 4 heteroatoms. The highest BCUT2D eigenvalue weighted by atomic mass is 16.2. The molecule has 1 aromatic rings. The average Bonchev–Trinajstić information content (AvgIpc) is 2.32. The van der Waals surface area contributed by atoms with Crippen LogP contribution < -0.4 is 5.32 Å². The number of aliphatic hydroxyl groups is 1. The van der Waals surface area contributed by atoms with Gasteiger partial charge in [-0.05, 0) is 30.7 Å². The Hall–Kier alpha value is -1.99. The van der Waals surface area contributed by atoms with Crippen LogP contribution in [0, 0.1) is 18.8 Å². The van der Waals surface area contributed by atoms with E-state index in [0.717, 1.165) is 16.8 Å². The smallest absolute Gasteiger partial charge is 0.321 e. The highest BCUT2D eigenvalue weighted by molar-refractivity contribution is 5.89. The Bertz CT molecular complexity index is 484. The predicted octanol–water partition coefficient (Wildman–Crippen LogP) is 1.82. The molecule has 18 heavy (non-hydrogen) atoms. The molecule has 0 aliphatic rings. The van der Waals surface area contributed by atoms with Crippen LogP contribution in [0.1, 0.15) is 17.5 Å². The summed E-state index contributed by atoms with van der Waals surface area (Å²) in [7, 11) is 3.38. The first-order valence-corrected chi connectivity index (χ1v) is 5.73. The lowest BCUT2D eigenvalue weighted by Gasteiger charge is -2.12. The van der Waals surface area contributed by atoms with Crippen LogP contribution in [-0.2, 0) is 0 Å². The van der Waals surface area contributed by atoms with E-state index < -0.39 is 0 Å². The van der Waals surface area contributed by atoms with Crippen LogP contribution in [-0.4, -0.2) is 36.7 Å². The van der Waals surface area contributed by atoms with E-state index in [0.29, 0.717) is 6.42 Å². The van der Waals surface area contributed by atoms with Crippen molar-refractivity contribution in [2.24, 2.45) is 0 Å². The van der Waals surface area contributed by atoms with Crippen molar-refractivity contribution in [3.63, 3.8) is 0 Å². The molecule has 0 saturated heterocycles. The molecule has 4 nitrogen and oxygen atoms in total. The minimum atomic E-state index is -0.159. The summed E-state index contributed by atoms with van der Waals surface area (Å²) in [6, 6.07) is 5.40. The van der Waals surface area contributed by atoms with Crippen molar-refractivity contribution >= 4 is 11.7 Å². The Morgan fingerprint density at radius 2 is 2.17 bits per heavy atom. The van der Waals surface area contributed by atoms with Crippen LogP contribution in [0.3, 0.4) is 0 Å². The number of benzene rings is 1. The minimum absolute atomic E-state index is 0.0724. The van der Waals surface area contributed by atoms with E-state index in [4.69, 9.17) is 5.11 Å². The molecule has 0 spiro atoms. The number of urea groups is 1. The fourth-order valence-electron chi connectivity index (χ4n) is 1.33. The summed E-state index contributed by atoms with van der Waals surface area (Å²) in [5.74, 6) is 5.86.